The fraction of sp³-hybridized carbons (Fsp3) is 0.429. The van der Waals surface area contributed by atoms with E-state index in [0.29, 0.717) is 30.3 Å². The fourth-order valence-electron chi connectivity index (χ4n) is 1.95. The van der Waals surface area contributed by atoms with Crippen LogP contribution in [0.25, 0.3) is 0 Å². The van der Waals surface area contributed by atoms with Gasteiger partial charge in [0.15, 0.2) is 17.3 Å². The number of para-hydroxylation sites is 1. The van der Waals surface area contributed by atoms with E-state index in [2.05, 4.69) is 6.07 Å². The third-order valence-electron chi connectivity index (χ3n) is 2.92. The van der Waals surface area contributed by atoms with Crippen LogP contribution < -0.4 is 9.47 Å². The van der Waals surface area contributed by atoms with Crippen LogP contribution in [0, 0.1) is 23.2 Å². The molecular weight excluding hydrogens is 230 g/mol. The second-order valence-corrected chi connectivity index (χ2v) is 4.54. The second-order valence-electron chi connectivity index (χ2n) is 4.54. The maximum atomic E-state index is 12.3. The highest BCUT2D eigenvalue weighted by Crippen LogP contribution is 2.35. The summed E-state index contributed by atoms with van der Waals surface area (Å²) in [6.45, 7) is 4.63. The summed E-state index contributed by atoms with van der Waals surface area (Å²) >= 11 is 0. The third kappa shape index (κ3) is 2.17. The van der Waals surface area contributed by atoms with Gasteiger partial charge in [-0.25, -0.2) is 0 Å². The lowest BCUT2D eigenvalue weighted by Crippen LogP contribution is -2.22. The fourth-order valence-corrected chi connectivity index (χ4v) is 1.95. The molecule has 1 atom stereocenters. The number of Topliss-reactive ketones (excluding diaryl/α,β-unsaturated/α-hetero) is 1. The van der Waals surface area contributed by atoms with Gasteiger partial charge in [0.1, 0.15) is 19.1 Å². The summed E-state index contributed by atoms with van der Waals surface area (Å²) in [4.78, 5) is 12.3. The topological polar surface area (TPSA) is 59.3 Å². The van der Waals surface area contributed by atoms with E-state index in [1.165, 1.54) is 0 Å². The number of benzene rings is 1. The lowest BCUT2D eigenvalue weighted by Gasteiger charge is -2.21. The van der Waals surface area contributed by atoms with Crippen molar-refractivity contribution in [3.8, 4) is 17.6 Å². The molecule has 1 aliphatic heterocycles. The van der Waals surface area contributed by atoms with E-state index in [4.69, 9.17) is 14.7 Å². The Hall–Kier alpha value is -2.02. The Kier molecular flexibility index (Phi) is 3.52. The molecule has 0 bridgehead atoms. The first kappa shape index (κ1) is 12.4. The summed E-state index contributed by atoms with van der Waals surface area (Å²) in [5.74, 6) is 0.168. The monoisotopic (exact) mass is 245 g/mol. The van der Waals surface area contributed by atoms with Gasteiger partial charge < -0.3 is 9.47 Å². The van der Waals surface area contributed by atoms with Gasteiger partial charge in [-0.15, -0.1) is 0 Å². The third-order valence-corrected chi connectivity index (χ3v) is 2.92. The minimum absolute atomic E-state index is 0.0251. The van der Waals surface area contributed by atoms with Crippen LogP contribution in [0.15, 0.2) is 18.2 Å². The smallest absolute Gasteiger partial charge is 0.184 e. The SMILES string of the molecule is CC(C)C(C#N)C(=O)c1cccc2c1OCCO2. The summed E-state index contributed by atoms with van der Waals surface area (Å²) in [5.41, 5.74) is 0.437. The molecule has 1 aliphatic rings. The van der Waals surface area contributed by atoms with Gasteiger partial charge in [-0.3, -0.25) is 4.79 Å². The summed E-state index contributed by atoms with van der Waals surface area (Å²) in [6.07, 6.45) is 0. The van der Waals surface area contributed by atoms with Gasteiger partial charge in [-0.2, -0.15) is 5.26 Å². The first-order chi connectivity index (χ1) is 8.65. The average molecular weight is 245 g/mol. The van der Waals surface area contributed by atoms with Crippen LogP contribution in [0.3, 0.4) is 0 Å². The van der Waals surface area contributed by atoms with Crippen molar-refractivity contribution in [3.05, 3.63) is 23.8 Å². The minimum Gasteiger partial charge on any atom is -0.486 e. The number of carbonyl (C=O) groups is 1. The Morgan fingerprint density at radius 3 is 2.72 bits per heavy atom. The van der Waals surface area contributed by atoms with Crippen LogP contribution >= 0.6 is 0 Å². The van der Waals surface area contributed by atoms with E-state index in [0.717, 1.165) is 0 Å². The highest BCUT2D eigenvalue weighted by molar-refractivity contribution is 6.02. The number of nitriles is 1. The summed E-state index contributed by atoms with van der Waals surface area (Å²) in [6, 6.07) is 7.26. The van der Waals surface area contributed by atoms with Crippen molar-refractivity contribution in [1.29, 1.82) is 5.26 Å². The summed E-state index contributed by atoms with van der Waals surface area (Å²) in [7, 11) is 0. The molecule has 1 heterocycles. The van der Waals surface area contributed by atoms with Crippen molar-refractivity contribution in [2.24, 2.45) is 11.8 Å². The van der Waals surface area contributed by atoms with Crippen molar-refractivity contribution < 1.29 is 14.3 Å². The molecule has 0 N–H and O–H groups in total. The van der Waals surface area contributed by atoms with E-state index in [9.17, 15) is 4.79 Å². The molecule has 2 rings (SSSR count). The van der Waals surface area contributed by atoms with Crippen molar-refractivity contribution in [3.63, 3.8) is 0 Å². The Bertz CT molecular complexity index is 502. The van der Waals surface area contributed by atoms with Crippen LogP contribution in [0.4, 0.5) is 0 Å². The minimum atomic E-state index is -0.651. The number of ether oxygens (including phenoxy) is 2. The Morgan fingerprint density at radius 2 is 2.06 bits per heavy atom. The lowest BCUT2D eigenvalue weighted by atomic mass is 9.88. The second kappa shape index (κ2) is 5.09. The maximum Gasteiger partial charge on any atom is 0.184 e. The number of hydrogen-bond donors (Lipinski definition) is 0. The van der Waals surface area contributed by atoms with Gasteiger partial charge in [0, 0.05) is 0 Å². The van der Waals surface area contributed by atoms with Crippen molar-refractivity contribution in [2.75, 3.05) is 13.2 Å². The van der Waals surface area contributed by atoms with Gasteiger partial charge in [0.2, 0.25) is 0 Å². The molecule has 1 aromatic carbocycles. The average Bonchev–Trinajstić information content (AvgIpc) is 2.38. The highest BCUT2D eigenvalue weighted by atomic mass is 16.6. The number of nitrogens with zero attached hydrogens (tertiary/aromatic N) is 1. The molecule has 0 aromatic heterocycles. The van der Waals surface area contributed by atoms with Crippen LogP contribution in [-0.2, 0) is 0 Å². The number of carbonyl (C=O) groups excluding carboxylic acids is 1. The zero-order valence-electron chi connectivity index (χ0n) is 10.5. The Morgan fingerprint density at radius 1 is 1.33 bits per heavy atom. The van der Waals surface area contributed by atoms with Gasteiger partial charge in [0.05, 0.1) is 11.6 Å². The molecule has 4 nitrogen and oxygen atoms in total. The number of rotatable bonds is 3. The molecular formula is C14H15NO3. The molecule has 1 unspecified atom stereocenters. The highest BCUT2D eigenvalue weighted by Gasteiger charge is 2.28. The molecule has 0 saturated carbocycles. The van der Waals surface area contributed by atoms with E-state index in [-0.39, 0.29) is 11.7 Å². The van der Waals surface area contributed by atoms with Gasteiger partial charge in [-0.05, 0) is 18.1 Å². The first-order valence-corrected chi connectivity index (χ1v) is 5.97. The molecule has 94 valence electrons. The molecule has 0 saturated heterocycles. The standard InChI is InChI=1S/C14H15NO3/c1-9(2)11(8-15)13(16)10-4-3-5-12-14(10)18-7-6-17-12/h3-5,9,11H,6-7H2,1-2H3. The molecule has 4 heteroatoms. The largest absolute Gasteiger partial charge is 0.486 e. The molecule has 0 radical (unpaired) electrons. The molecule has 0 aliphatic carbocycles. The zero-order chi connectivity index (χ0) is 13.1. The normalized spacial score (nSPS) is 15.0. The lowest BCUT2D eigenvalue weighted by molar-refractivity contribution is 0.0913. The van der Waals surface area contributed by atoms with Crippen LogP contribution in [-0.4, -0.2) is 19.0 Å². The quantitative estimate of drug-likeness (QED) is 0.767. The predicted molar refractivity (Wildman–Crippen MR) is 65.7 cm³/mol. The Balaban J connectivity index is 2.40. The zero-order valence-corrected chi connectivity index (χ0v) is 10.5. The number of fused-ring (bicyclic) bond motifs is 1. The molecule has 1 aromatic rings. The van der Waals surface area contributed by atoms with Gasteiger partial charge in [0.25, 0.3) is 0 Å². The van der Waals surface area contributed by atoms with Crippen molar-refractivity contribution in [1.82, 2.24) is 0 Å². The van der Waals surface area contributed by atoms with E-state index < -0.39 is 5.92 Å². The Labute approximate surface area is 106 Å². The van der Waals surface area contributed by atoms with Gasteiger partial charge >= 0.3 is 0 Å². The van der Waals surface area contributed by atoms with Crippen LogP contribution in [0.1, 0.15) is 24.2 Å². The van der Waals surface area contributed by atoms with Crippen molar-refractivity contribution >= 4 is 5.78 Å². The molecule has 0 spiro atoms. The van der Waals surface area contributed by atoms with Crippen molar-refractivity contribution in [2.45, 2.75) is 13.8 Å². The number of ketones is 1. The maximum absolute atomic E-state index is 12.3. The predicted octanol–water partition coefficient (Wildman–Crippen LogP) is 2.44. The first-order valence-electron chi connectivity index (χ1n) is 5.97. The van der Waals surface area contributed by atoms with E-state index >= 15 is 0 Å². The van der Waals surface area contributed by atoms with E-state index in [1.807, 2.05) is 13.8 Å². The molecule has 0 amide bonds. The van der Waals surface area contributed by atoms with E-state index in [1.54, 1.807) is 18.2 Å². The number of hydrogen-bond acceptors (Lipinski definition) is 4. The molecule has 18 heavy (non-hydrogen) atoms. The van der Waals surface area contributed by atoms with Crippen LogP contribution in [0.5, 0.6) is 11.5 Å². The summed E-state index contributed by atoms with van der Waals surface area (Å²) in [5, 5.41) is 9.09. The van der Waals surface area contributed by atoms with Crippen LogP contribution in [0.2, 0.25) is 0 Å². The van der Waals surface area contributed by atoms with Gasteiger partial charge in [-0.1, -0.05) is 19.9 Å². The summed E-state index contributed by atoms with van der Waals surface area (Å²) < 4.78 is 10.9. The molecule has 0 fully saturated rings.